The maximum absolute atomic E-state index is 12.0. The second-order valence-electron chi connectivity index (χ2n) is 6.44. The number of hydrogen-bond acceptors (Lipinski definition) is 2. The predicted molar refractivity (Wildman–Crippen MR) is 87.1 cm³/mol. The largest absolute Gasteiger partial charge is 0.316 e. The summed E-state index contributed by atoms with van der Waals surface area (Å²) in [4.78, 5) is 12.0. The Bertz CT molecular complexity index is 234. The summed E-state index contributed by atoms with van der Waals surface area (Å²) in [5.41, 5.74) is 0. The maximum atomic E-state index is 12.0. The SMILES string of the molecule is CCCCCCCCCCCCC(=O)C1CCCNC1. The average Bonchev–Trinajstić information content (AvgIpc) is 2.50. The lowest BCUT2D eigenvalue weighted by Crippen LogP contribution is -2.34. The Kier molecular flexibility index (Phi) is 10.9. The molecule has 1 rings (SSSR count). The van der Waals surface area contributed by atoms with E-state index < -0.39 is 0 Å². The molecule has 0 aromatic heterocycles. The summed E-state index contributed by atoms with van der Waals surface area (Å²) in [6.45, 7) is 4.29. The van der Waals surface area contributed by atoms with Gasteiger partial charge in [0.15, 0.2) is 0 Å². The number of rotatable bonds is 12. The molecule has 2 heteroatoms. The van der Waals surface area contributed by atoms with Crippen molar-refractivity contribution in [1.29, 1.82) is 0 Å². The van der Waals surface area contributed by atoms with Crippen LogP contribution in [0.1, 0.15) is 90.4 Å². The molecule has 1 saturated heterocycles. The number of carbonyl (C=O) groups excluding carboxylic acids is 1. The summed E-state index contributed by atoms with van der Waals surface area (Å²) in [5, 5.41) is 3.33. The number of carbonyl (C=O) groups is 1. The summed E-state index contributed by atoms with van der Waals surface area (Å²) in [5.74, 6) is 0.832. The minimum Gasteiger partial charge on any atom is -0.316 e. The van der Waals surface area contributed by atoms with Crippen molar-refractivity contribution < 1.29 is 4.79 Å². The maximum Gasteiger partial charge on any atom is 0.137 e. The van der Waals surface area contributed by atoms with Crippen LogP contribution in [-0.4, -0.2) is 18.9 Å². The van der Waals surface area contributed by atoms with Crippen LogP contribution in [0.15, 0.2) is 0 Å². The third-order valence-corrected chi connectivity index (χ3v) is 4.53. The van der Waals surface area contributed by atoms with Crippen molar-refractivity contribution in [2.24, 2.45) is 5.92 Å². The van der Waals surface area contributed by atoms with Crippen molar-refractivity contribution >= 4 is 5.78 Å². The summed E-state index contributed by atoms with van der Waals surface area (Å²) in [6.07, 6.45) is 16.5. The van der Waals surface area contributed by atoms with Crippen LogP contribution in [0.25, 0.3) is 0 Å². The molecular formula is C18H35NO. The van der Waals surface area contributed by atoms with Crippen molar-refractivity contribution in [3.8, 4) is 0 Å². The van der Waals surface area contributed by atoms with E-state index >= 15 is 0 Å². The Labute approximate surface area is 126 Å². The van der Waals surface area contributed by atoms with E-state index in [2.05, 4.69) is 12.2 Å². The molecule has 118 valence electrons. The van der Waals surface area contributed by atoms with E-state index in [0.29, 0.717) is 11.7 Å². The first-order valence-corrected chi connectivity index (χ1v) is 9.08. The Balaban J connectivity index is 1.83. The van der Waals surface area contributed by atoms with E-state index in [4.69, 9.17) is 0 Å². The van der Waals surface area contributed by atoms with Crippen LogP contribution in [-0.2, 0) is 4.79 Å². The molecule has 0 amide bonds. The monoisotopic (exact) mass is 281 g/mol. The zero-order valence-corrected chi connectivity index (χ0v) is 13.6. The number of unbranched alkanes of at least 4 members (excludes halogenated alkanes) is 9. The summed E-state index contributed by atoms with van der Waals surface area (Å²) in [6, 6.07) is 0. The first-order valence-electron chi connectivity index (χ1n) is 9.08. The third-order valence-electron chi connectivity index (χ3n) is 4.53. The first kappa shape index (κ1) is 17.7. The Morgan fingerprint density at radius 1 is 0.950 bits per heavy atom. The minimum atomic E-state index is 0.322. The van der Waals surface area contributed by atoms with Gasteiger partial charge in [-0.3, -0.25) is 4.79 Å². The second-order valence-corrected chi connectivity index (χ2v) is 6.44. The fourth-order valence-corrected chi connectivity index (χ4v) is 3.12. The van der Waals surface area contributed by atoms with Crippen molar-refractivity contribution in [3.63, 3.8) is 0 Å². The fraction of sp³-hybridized carbons (Fsp3) is 0.944. The normalized spacial score (nSPS) is 19.1. The van der Waals surface area contributed by atoms with Gasteiger partial charge in [-0.1, -0.05) is 64.7 Å². The minimum absolute atomic E-state index is 0.322. The van der Waals surface area contributed by atoms with Crippen molar-refractivity contribution in [2.45, 2.75) is 90.4 Å². The molecule has 0 spiro atoms. The Morgan fingerprint density at radius 2 is 1.55 bits per heavy atom. The van der Waals surface area contributed by atoms with Crippen LogP contribution < -0.4 is 5.32 Å². The van der Waals surface area contributed by atoms with E-state index in [1.165, 1.54) is 64.2 Å². The van der Waals surface area contributed by atoms with Crippen molar-refractivity contribution in [2.75, 3.05) is 13.1 Å². The second kappa shape index (κ2) is 12.4. The molecule has 2 nitrogen and oxygen atoms in total. The molecular weight excluding hydrogens is 246 g/mol. The number of nitrogens with one attached hydrogen (secondary N) is 1. The van der Waals surface area contributed by atoms with E-state index in [9.17, 15) is 4.79 Å². The standard InChI is InChI=1S/C18H35NO/c1-2-3-4-5-6-7-8-9-10-11-14-18(20)17-13-12-15-19-16-17/h17,19H,2-16H2,1H3. The first-order chi connectivity index (χ1) is 9.84. The van der Waals surface area contributed by atoms with Gasteiger partial charge in [0.2, 0.25) is 0 Å². The Morgan fingerprint density at radius 3 is 2.10 bits per heavy atom. The van der Waals surface area contributed by atoms with Gasteiger partial charge in [0.25, 0.3) is 0 Å². The average molecular weight is 281 g/mol. The summed E-state index contributed by atoms with van der Waals surface area (Å²) in [7, 11) is 0. The van der Waals surface area contributed by atoms with Gasteiger partial charge < -0.3 is 5.32 Å². The molecule has 1 aliphatic heterocycles. The molecule has 1 aliphatic rings. The van der Waals surface area contributed by atoms with Crippen LogP contribution in [0.5, 0.6) is 0 Å². The van der Waals surface area contributed by atoms with E-state index in [1.807, 2.05) is 0 Å². The molecule has 0 bridgehead atoms. The molecule has 0 aromatic rings. The molecule has 0 saturated carbocycles. The van der Waals surface area contributed by atoms with Crippen LogP contribution in [0.2, 0.25) is 0 Å². The lowest BCUT2D eigenvalue weighted by molar-refractivity contribution is -0.123. The Hall–Kier alpha value is -0.370. The molecule has 1 heterocycles. The number of piperidine rings is 1. The molecule has 1 atom stereocenters. The number of Topliss-reactive ketones (excluding diaryl/α,β-unsaturated/α-hetero) is 1. The molecule has 0 aromatic carbocycles. The predicted octanol–water partition coefficient (Wildman–Crippen LogP) is 4.87. The van der Waals surface area contributed by atoms with Crippen LogP contribution >= 0.6 is 0 Å². The highest BCUT2D eigenvalue weighted by molar-refractivity contribution is 5.81. The molecule has 0 aliphatic carbocycles. The van der Waals surface area contributed by atoms with Crippen molar-refractivity contribution in [1.82, 2.24) is 5.32 Å². The topological polar surface area (TPSA) is 29.1 Å². The highest BCUT2D eigenvalue weighted by atomic mass is 16.1. The molecule has 1 N–H and O–H groups in total. The molecule has 20 heavy (non-hydrogen) atoms. The lowest BCUT2D eigenvalue weighted by atomic mass is 9.92. The van der Waals surface area contributed by atoms with Gasteiger partial charge in [-0.15, -0.1) is 0 Å². The van der Waals surface area contributed by atoms with Gasteiger partial charge in [0.1, 0.15) is 5.78 Å². The van der Waals surface area contributed by atoms with Gasteiger partial charge in [-0.2, -0.15) is 0 Å². The van der Waals surface area contributed by atoms with E-state index in [0.717, 1.165) is 32.4 Å². The number of ketones is 1. The molecule has 0 radical (unpaired) electrons. The lowest BCUT2D eigenvalue weighted by Gasteiger charge is -2.21. The van der Waals surface area contributed by atoms with Gasteiger partial charge in [-0.25, -0.2) is 0 Å². The van der Waals surface area contributed by atoms with Gasteiger partial charge in [0.05, 0.1) is 0 Å². The summed E-state index contributed by atoms with van der Waals surface area (Å²) < 4.78 is 0. The molecule has 1 fully saturated rings. The van der Waals surface area contributed by atoms with E-state index in [-0.39, 0.29) is 0 Å². The van der Waals surface area contributed by atoms with Gasteiger partial charge in [0, 0.05) is 18.9 Å². The fourth-order valence-electron chi connectivity index (χ4n) is 3.12. The van der Waals surface area contributed by atoms with Crippen LogP contribution in [0.3, 0.4) is 0 Å². The highest BCUT2D eigenvalue weighted by Crippen LogP contribution is 2.16. The summed E-state index contributed by atoms with van der Waals surface area (Å²) >= 11 is 0. The van der Waals surface area contributed by atoms with Crippen molar-refractivity contribution in [3.05, 3.63) is 0 Å². The zero-order valence-electron chi connectivity index (χ0n) is 13.6. The van der Waals surface area contributed by atoms with E-state index in [1.54, 1.807) is 0 Å². The highest BCUT2D eigenvalue weighted by Gasteiger charge is 2.19. The van der Waals surface area contributed by atoms with Crippen LogP contribution in [0.4, 0.5) is 0 Å². The zero-order chi connectivity index (χ0) is 14.5. The van der Waals surface area contributed by atoms with Gasteiger partial charge >= 0.3 is 0 Å². The van der Waals surface area contributed by atoms with Gasteiger partial charge in [-0.05, 0) is 25.8 Å². The number of hydrogen-bond donors (Lipinski definition) is 1. The smallest absolute Gasteiger partial charge is 0.137 e. The quantitative estimate of drug-likeness (QED) is 0.517. The van der Waals surface area contributed by atoms with Crippen LogP contribution in [0, 0.1) is 5.92 Å². The third kappa shape index (κ3) is 8.73. The molecule has 1 unspecified atom stereocenters.